The average molecular weight is 264 g/mol. The van der Waals surface area contributed by atoms with Crippen LogP contribution in [-0.4, -0.2) is 18.9 Å². The molecule has 1 aliphatic heterocycles. The van der Waals surface area contributed by atoms with Gasteiger partial charge < -0.3 is 9.73 Å². The molecule has 2 heterocycles. The van der Waals surface area contributed by atoms with Crippen LogP contribution >= 0.6 is 11.6 Å². The zero-order valence-corrected chi connectivity index (χ0v) is 10.8. The first-order chi connectivity index (χ1) is 8.66. The van der Waals surface area contributed by atoms with Gasteiger partial charge in [0.15, 0.2) is 11.3 Å². The van der Waals surface area contributed by atoms with Gasteiger partial charge in [0, 0.05) is 17.8 Å². The zero-order valence-electron chi connectivity index (χ0n) is 10.1. The molecule has 1 N–H and O–H groups in total. The Morgan fingerprint density at radius 1 is 1.44 bits per heavy atom. The minimum Gasteiger partial charge on any atom is -0.451 e. The molecule has 18 heavy (non-hydrogen) atoms. The smallest absolute Gasteiger partial charge is 0.202 e. The van der Waals surface area contributed by atoms with E-state index >= 15 is 0 Å². The lowest BCUT2D eigenvalue weighted by Crippen LogP contribution is -2.20. The number of hydrogen-bond acceptors (Lipinski definition) is 3. The minimum atomic E-state index is 0.00402. The van der Waals surface area contributed by atoms with E-state index in [1.807, 2.05) is 12.1 Å². The first-order valence-electron chi connectivity index (χ1n) is 6.10. The predicted octanol–water partition coefficient (Wildman–Crippen LogP) is 3.12. The van der Waals surface area contributed by atoms with Gasteiger partial charge in [-0.05, 0) is 24.6 Å². The summed E-state index contributed by atoms with van der Waals surface area (Å²) in [7, 11) is 0. The third kappa shape index (κ3) is 1.84. The highest BCUT2D eigenvalue weighted by Gasteiger charge is 2.32. The molecule has 1 saturated heterocycles. The number of benzene rings is 1. The lowest BCUT2D eigenvalue weighted by molar-refractivity contribution is 0.0881. The fourth-order valence-corrected chi connectivity index (χ4v) is 2.71. The molecule has 4 heteroatoms. The molecule has 3 nitrogen and oxygen atoms in total. The number of rotatable bonds is 2. The quantitative estimate of drug-likeness (QED) is 0.847. The zero-order chi connectivity index (χ0) is 12.7. The maximum atomic E-state index is 12.4. The normalized spacial score (nSPS) is 23.7. The Morgan fingerprint density at radius 2 is 2.28 bits per heavy atom. The van der Waals surface area contributed by atoms with Gasteiger partial charge in [0.05, 0.1) is 5.02 Å². The van der Waals surface area contributed by atoms with Crippen LogP contribution in [0, 0.1) is 11.8 Å². The van der Waals surface area contributed by atoms with Crippen LogP contribution in [0.5, 0.6) is 0 Å². The van der Waals surface area contributed by atoms with Crippen molar-refractivity contribution in [1.82, 2.24) is 5.32 Å². The van der Waals surface area contributed by atoms with Crippen molar-refractivity contribution in [3.8, 4) is 0 Å². The number of nitrogens with one attached hydrogen (secondary N) is 1. The number of furan rings is 1. The second-order valence-corrected chi connectivity index (χ2v) is 5.28. The maximum Gasteiger partial charge on any atom is 0.202 e. The molecule has 1 aromatic heterocycles. The molecule has 0 bridgehead atoms. The SMILES string of the molecule is CC1CNCC1C(=O)c1cc2cccc(Cl)c2o1. The molecule has 0 saturated carbocycles. The van der Waals surface area contributed by atoms with Crippen LogP contribution in [0.3, 0.4) is 0 Å². The monoisotopic (exact) mass is 263 g/mol. The molecule has 0 aliphatic carbocycles. The second kappa shape index (κ2) is 4.41. The lowest BCUT2D eigenvalue weighted by atomic mass is 9.92. The molecular formula is C14H14ClNO2. The summed E-state index contributed by atoms with van der Waals surface area (Å²) in [6.07, 6.45) is 0. The Morgan fingerprint density at radius 3 is 2.94 bits per heavy atom. The third-order valence-electron chi connectivity index (χ3n) is 3.59. The number of Topliss-reactive ketones (excluding diaryl/α,β-unsaturated/α-hetero) is 1. The number of fused-ring (bicyclic) bond motifs is 1. The summed E-state index contributed by atoms with van der Waals surface area (Å²) in [4.78, 5) is 12.4. The molecule has 0 radical (unpaired) electrons. The van der Waals surface area contributed by atoms with Gasteiger partial charge in [0.2, 0.25) is 5.78 Å². The maximum absolute atomic E-state index is 12.4. The summed E-state index contributed by atoms with van der Waals surface area (Å²) in [6.45, 7) is 3.69. The molecule has 1 fully saturated rings. The molecule has 2 unspecified atom stereocenters. The highest BCUT2D eigenvalue weighted by molar-refractivity contribution is 6.34. The van der Waals surface area contributed by atoms with Crippen molar-refractivity contribution < 1.29 is 9.21 Å². The molecule has 94 valence electrons. The Hall–Kier alpha value is -1.32. The van der Waals surface area contributed by atoms with Crippen LogP contribution in [-0.2, 0) is 0 Å². The Balaban J connectivity index is 1.99. The van der Waals surface area contributed by atoms with Crippen LogP contribution in [0.1, 0.15) is 17.5 Å². The van der Waals surface area contributed by atoms with Crippen LogP contribution < -0.4 is 5.32 Å². The number of ketones is 1. The second-order valence-electron chi connectivity index (χ2n) is 4.88. The van der Waals surface area contributed by atoms with E-state index in [-0.39, 0.29) is 11.7 Å². The number of para-hydroxylation sites is 1. The largest absolute Gasteiger partial charge is 0.451 e. The molecule has 0 amide bonds. The van der Waals surface area contributed by atoms with Crippen molar-refractivity contribution in [2.45, 2.75) is 6.92 Å². The van der Waals surface area contributed by atoms with Gasteiger partial charge in [-0.15, -0.1) is 0 Å². The molecule has 3 rings (SSSR count). The van der Waals surface area contributed by atoms with Gasteiger partial charge in [-0.25, -0.2) is 0 Å². The summed E-state index contributed by atoms with van der Waals surface area (Å²) in [5, 5.41) is 4.65. The summed E-state index contributed by atoms with van der Waals surface area (Å²) in [5.41, 5.74) is 0.598. The summed E-state index contributed by atoms with van der Waals surface area (Å²) >= 11 is 6.05. The third-order valence-corrected chi connectivity index (χ3v) is 3.89. The van der Waals surface area contributed by atoms with E-state index in [2.05, 4.69) is 12.2 Å². The fraction of sp³-hybridized carbons (Fsp3) is 0.357. The number of hydrogen-bond donors (Lipinski definition) is 1. The standard InChI is InChI=1S/C14H14ClNO2/c1-8-6-16-7-10(8)13(17)12-5-9-3-2-4-11(15)14(9)18-12/h2-5,8,10,16H,6-7H2,1H3. The van der Waals surface area contributed by atoms with E-state index in [4.69, 9.17) is 16.0 Å². The summed E-state index contributed by atoms with van der Waals surface area (Å²) in [5.74, 6) is 0.837. The van der Waals surface area contributed by atoms with Gasteiger partial charge in [-0.3, -0.25) is 4.79 Å². The van der Waals surface area contributed by atoms with E-state index < -0.39 is 0 Å². The highest BCUT2D eigenvalue weighted by Crippen LogP contribution is 2.29. The first kappa shape index (κ1) is 11.8. The Kier molecular flexibility index (Phi) is 2.88. The first-order valence-corrected chi connectivity index (χ1v) is 6.47. The van der Waals surface area contributed by atoms with Crippen LogP contribution in [0.4, 0.5) is 0 Å². The van der Waals surface area contributed by atoms with Crippen LogP contribution in [0.25, 0.3) is 11.0 Å². The van der Waals surface area contributed by atoms with Crippen molar-refractivity contribution in [3.63, 3.8) is 0 Å². The van der Waals surface area contributed by atoms with Gasteiger partial charge in [-0.1, -0.05) is 30.7 Å². The molecular weight excluding hydrogens is 250 g/mol. The van der Waals surface area contributed by atoms with Crippen molar-refractivity contribution in [2.75, 3.05) is 13.1 Å². The number of halogens is 1. The molecule has 1 aliphatic rings. The predicted molar refractivity (Wildman–Crippen MR) is 71.1 cm³/mol. The summed E-state index contributed by atoms with van der Waals surface area (Å²) < 4.78 is 5.61. The molecule has 1 aromatic carbocycles. The van der Waals surface area contributed by atoms with Gasteiger partial charge in [0.1, 0.15) is 0 Å². The number of carbonyl (C=O) groups is 1. The van der Waals surface area contributed by atoms with E-state index in [9.17, 15) is 4.79 Å². The van der Waals surface area contributed by atoms with E-state index in [1.165, 1.54) is 0 Å². The van der Waals surface area contributed by atoms with Crippen molar-refractivity contribution >= 4 is 28.4 Å². The van der Waals surface area contributed by atoms with Crippen molar-refractivity contribution in [1.29, 1.82) is 0 Å². The van der Waals surface area contributed by atoms with Gasteiger partial charge in [-0.2, -0.15) is 0 Å². The van der Waals surface area contributed by atoms with Crippen molar-refractivity contribution in [2.24, 2.45) is 11.8 Å². The molecule has 2 atom stereocenters. The van der Waals surface area contributed by atoms with Gasteiger partial charge in [0.25, 0.3) is 0 Å². The highest BCUT2D eigenvalue weighted by atomic mass is 35.5. The van der Waals surface area contributed by atoms with Gasteiger partial charge >= 0.3 is 0 Å². The van der Waals surface area contributed by atoms with E-state index in [0.717, 1.165) is 18.5 Å². The Labute approximate surface area is 110 Å². The molecule has 0 spiro atoms. The Bertz CT molecular complexity index is 605. The van der Waals surface area contributed by atoms with E-state index in [1.54, 1.807) is 12.1 Å². The fourth-order valence-electron chi connectivity index (χ4n) is 2.49. The van der Waals surface area contributed by atoms with Crippen LogP contribution in [0.15, 0.2) is 28.7 Å². The number of carbonyl (C=O) groups excluding carboxylic acids is 1. The van der Waals surface area contributed by atoms with Crippen molar-refractivity contribution in [3.05, 3.63) is 35.0 Å². The molecule has 2 aromatic rings. The summed E-state index contributed by atoms with van der Waals surface area (Å²) in [6, 6.07) is 7.31. The minimum absolute atomic E-state index is 0.00402. The van der Waals surface area contributed by atoms with E-state index in [0.29, 0.717) is 22.3 Å². The van der Waals surface area contributed by atoms with Crippen LogP contribution in [0.2, 0.25) is 5.02 Å². The lowest BCUT2D eigenvalue weighted by Gasteiger charge is -2.10. The topological polar surface area (TPSA) is 42.2 Å². The average Bonchev–Trinajstić information content (AvgIpc) is 2.95.